The topological polar surface area (TPSA) is 42.7 Å². The molecule has 1 rings (SSSR count). The second-order valence-corrected chi connectivity index (χ2v) is 4.18. The Labute approximate surface area is 85.7 Å². The van der Waals surface area contributed by atoms with Crippen molar-refractivity contribution in [3.05, 3.63) is 11.9 Å². The van der Waals surface area contributed by atoms with Crippen molar-refractivity contribution in [1.82, 2.24) is 20.3 Å². The maximum atomic E-state index is 3.94. The van der Waals surface area contributed by atoms with Crippen LogP contribution in [0.5, 0.6) is 0 Å². The third-order valence-corrected chi connectivity index (χ3v) is 2.56. The predicted molar refractivity (Wildman–Crippen MR) is 57.2 cm³/mol. The van der Waals surface area contributed by atoms with Crippen LogP contribution in [0.3, 0.4) is 0 Å². The fraction of sp³-hybridized carbons (Fsp3) is 0.800. The Kier molecular flexibility index (Phi) is 3.63. The van der Waals surface area contributed by atoms with Crippen molar-refractivity contribution in [1.29, 1.82) is 0 Å². The SMILES string of the molecule is CC(C)NC(C)C(C)c1cnnn1C. The highest BCUT2D eigenvalue weighted by molar-refractivity contribution is 5.04. The molecule has 4 nitrogen and oxygen atoms in total. The zero-order valence-electron chi connectivity index (χ0n) is 9.65. The summed E-state index contributed by atoms with van der Waals surface area (Å²) in [6.45, 7) is 8.70. The predicted octanol–water partition coefficient (Wildman–Crippen LogP) is 1.31. The molecule has 1 heterocycles. The van der Waals surface area contributed by atoms with Crippen LogP contribution in [0.25, 0.3) is 0 Å². The molecule has 1 aromatic heterocycles. The fourth-order valence-electron chi connectivity index (χ4n) is 1.64. The lowest BCUT2D eigenvalue weighted by Crippen LogP contribution is -2.36. The van der Waals surface area contributed by atoms with Crippen LogP contribution in [0.2, 0.25) is 0 Å². The number of hydrogen-bond donors (Lipinski definition) is 1. The van der Waals surface area contributed by atoms with Gasteiger partial charge in [-0.15, -0.1) is 5.10 Å². The molecule has 0 fully saturated rings. The lowest BCUT2D eigenvalue weighted by molar-refractivity contribution is 0.425. The smallest absolute Gasteiger partial charge is 0.0728 e. The van der Waals surface area contributed by atoms with E-state index in [1.165, 1.54) is 5.69 Å². The molecule has 0 bridgehead atoms. The van der Waals surface area contributed by atoms with E-state index in [0.29, 0.717) is 18.0 Å². The third kappa shape index (κ3) is 2.54. The summed E-state index contributed by atoms with van der Waals surface area (Å²) in [6.07, 6.45) is 1.84. The van der Waals surface area contributed by atoms with Gasteiger partial charge in [-0.1, -0.05) is 26.0 Å². The molecule has 14 heavy (non-hydrogen) atoms. The molecular weight excluding hydrogens is 176 g/mol. The van der Waals surface area contributed by atoms with E-state index in [1.54, 1.807) is 0 Å². The van der Waals surface area contributed by atoms with Crippen molar-refractivity contribution in [3.63, 3.8) is 0 Å². The molecule has 0 amide bonds. The van der Waals surface area contributed by atoms with Gasteiger partial charge in [0.15, 0.2) is 0 Å². The van der Waals surface area contributed by atoms with Gasteiger partial charge in [-0.2, -0.15) is 0 Å². The molecule has 1 aromatic rings. The molecule has 2 atom stereocenters. The van der Waals surface area contributed by atoms with Gasteiger partial charge in [-0.05, 0) is 6.92 Å². The Morgan fingerprint density at radius 1 is 1.29 bits per heavy atom. The van der Waals surface area contributed by atoms with Gasteiger partial charge in [0.2, 0.25) is 0 Å². The molecule has 0 aliphatic heterocycles. The van der Waals surface area contributed by atoms with Gasteiger partial charge in [-0.25, -0.2) is 0 Å². The monoisotopic (exact) mass is 196 g/mol. The zero-order valence-corrected chi connectivity index (χ0v) is 9.65. The van der Waals surface area contributed by atoms with E-state index >= 15 is 0 Å². The van der Waals surface area contributed by atoms with Gasteiger partial charge in [0, 0.05) is 25.0 Å². The van der Waals surface area contributed by atoms with Crippen LogP contribution in [0.4, 0.5) is 0 Å². The summed E-state index contributed by atoms with van der Waals surface area (Å²) < 4.78 is 1.84. The molecular formula is C10H20N4. The highest BCUT2D eigenvalue weighted by Crippen LogP contribution is 2.17. The molecule has 0 aliphatic carbocycles. The summed E-state index contributed by atoms with van der Waals surface area (Å²) in [6, 6.07) is 0.945. The Balaban J connectivity index is 2.65. The van der Waals surface area contributed by atoms with Crippen LogP contribution in [-0.4, -0.2) is 27.1 Å². The summed E-state index contributed by atoms with van der Waals surface area (Å²) in [5.41, 5.74) is 1.17. The number of aromatic nitrogens is 3. The van der Waals surface area contributed by atoms with E-state index in [4.69, 9.17) is 0 Å². The molecule has 1 N–H and O–H groups in total. The van der Waals surface area contributed by atoms with Gasteiger partial charge in [-0.3, -0.25) is 4.68 Å². The number of hydrogen-bond acceptors (Lipinski definition) is 3. The molecule has 2 unspecified atom stereocenters. The van der Waals surface area contributed by atoms with Crippen molar-refractivity contribution in [2.45, 2.75) is 45.7 Å². The second kappa shape index (κ2) is 4.55. The Morgan fingerprint density at radius 3 is 2.36 bits per heavy atom. The number of aryl methyl sites for hydroxylation is 1. The Morgan fingerprint density at radius 2 is 1.93 bits per heavy atom. The van der Waals surface area contributed by atoms with E-state index < -0.39 is 0 Å². The minimum Gasteiger partial charge on any atom is -0.311 e. The summed E-state index contributed by atoms with van der Waals surface area (Å²) in [5.74, 6) is 0.428. The number of nitrogens with zero attached hydrogens (tertiary/aromatic N) is 3. The van der Waals surface area contributed by atoms with Gasteiger partial charge < -0.3 is 5.32 Å². The maximum Gasteiger partial charge on any atom is 0.0728 e. The molecule has 80 valence electrons. The molecule has 0 aromatic carbocycles. The first kappa shape index (κ1) is 11.2. The van der Waals surface area contributed by atoms with Crippen LogP contribution in [0.15, 0.2) is 6.20 Å². The third-order valence-electron chi connectivity index (χ3n) is 2.56. The summed E-state index contributed by atoms with van der Waals surface area (Å²) >= 11 is 0. The first-order valence-corrected chi connectivity index (χ1v) is 5.13. The number of nitrogens with one attached hydrogen (secondary N) is 1. The molecule has 0 radical (unpaired) electrons. The van der Waals surface area contributed by atoms with Crippen LogP contribution in [-0.2, 0) is 7.05 Å². The lowest BCUT2D eigenvalue weighted by atomic mass is 9.99. The maximum absolute atomic E-state index is 3.94. The van der Waals surface area contributed by atoms with Gasteiger partial charge in [0.25, 0.3) is 0 Å². The largest absolute Gasteiger partial charge is 0.311 e. The average Bonchev–Trinajstić information content (AvgIpc) is 2.48. The summed E-state index contributed by atoms with van der Waals surface area (Å²) in [5, 5.41) is 11.3. The first-order chi connectivity index (χ1) is 6.52. The van der Waals surface area contributed by atoms with Crippen molar-refractivity contribution in [2.75, 3.05) is 0 Å². The molecule has 4 heteroatoms. The highest BCUT2D eigenvalue weighted by atomic mass is 15.4. The Hall–Kier alpha value is -0.900. The fourth-order valence-corrected chi connectivity index (χ4v) is 1.64. The molecule has 0 saturated heterocycles. The summed E-state index contributed by atoms with van der Waals surface area (Å²) in [4.78, 5) is 0. The van der Waals surface area contributed by atoms with Crippen LogP contribution < -0.4 is 5.32 Å². The Bertz CT molecular complexity index is 279. The average molecular weight is 196 g/mol. The first-order valence-electron chi connectivity index (χ1n) is 5.13. The molecule has 0 saturated carbocycles. The van der Waals surface area contributed by atoms with E-state index in [9.17, 15) is 0 Å². The van der Waals surface area contributed by atoms with Crippen molar-refractivity contribution in [2.24, 2.45) is 7.05 Å². The normalized spacial score (nSPS) is 15.9. The quantitative estimate of drug-likeness (QED) is 0.789. The molecule has 0 aliphatic rings. The van der Waals surface area contributed by atoms with Crippen LogP contribution in [0.1, 0.15) is 39.3 Å². The second-order valence-electron chi connectivity index (χ2n) is 4.18. The van der Waals surface area contributed by atoms with E-state index in [0.717, 1.165) is 0 Å². The van der Waals surface area contributed by atoms with Crippen molar-refractivity contribution in [3.8, 4) is 0 Å². The van der Waals surface area contributed by atoms with Gasteiger partial charge in [0.05, 0.1) is 11.9 Å². The minimum atomic E-state index is 0.428. The standard InChI is InChI=1S/C10H20N4/c1-7(2)12-9(4)8(3)10-6-11-13-14(10)5/h6-9,12H,1-5H3. The number of rotatable bonds is 4. The van der Waals surface area contributed by atoms with E-state index in [1.807, 2.05) is 17.9 Å². The van der Waals surface area contributed by atoms with Crippen molar-refractivity contribution < 1.29 is 0 Å². The zero-order chi connectivity index (χ0) is 10.7. The van der Waals surface area contributed by atoms with Gasteiger partial charge >= 0.3 is 0 Å². The van der Waals surface area contributed by atoms with E-state index in [-0.39, 0.29) is 0 Å². The summed E-state index contributed by atoms with van der Waals surface area (Å²) in [7, 11) is 1.93. The molecule has 0 spiro atoms. The lowest BCUT2D eigenvalue weighted by Gasteiger charge is -2.23. The van der Waals surface area contributed by atoms with Crippen molar-refractivity contribution >= 4 is 0 Å². The van der Waals surface area contributed by atoms with Gasteiger partial charge in [0.1, 0.15) is 0 Å². The highest BCUT2D eigenvalue weighted by Gasteiger charge is 2.17. The van der Waals surface area contributed by atoms with Crippen LogP contribution in [0, 0.1) is 0 Å². The van der Waals surface area contributed by atoms with Crippen LogP contribution >= 0.6 is 0 Å². The van der Waals surface area contributed by atoms with E-state index in [2.05, 4.69) is 43.3 Å². The minimum absolute atomic E-state index is 0.428.